The highest BCUT2D eigenvalue weighted by Gasteiger charge is 2.17. The molecule has 0 fully saturated rings. The lowest BCUT2D eigenvalue weighted by Gasteiger charge is -2.28. The summed E-state index contributed by atoms with van der Waals surface area (Å²) in [5.74, 6) is 0. The van der Waals surface area contributed by atoms with E-state index in [1.165, 1.54) is 0 Å². The molecule has 0 aliphatic carbocycles. The Labute approximate surface area is 108 Å². The number of likely N-dealkylation sites (N-methyl/N-ethyl adjacent to an activating group) is 1. The monoisotopic (exact) mass is 257 g/mol. The highest BCUT2D eigenvalue weighted by atomic mass is 35.5. The summed E-state index contributed by atoms with van der Waals surface area (Å²) in [7, 11) is 5.31. The fourth-order valence-corrected chi connectivity index (χ4v) is 1.98. The molecule has 0 N–H and O–H groups in total. The summed E-state index contributed by atoms with van der Waals surface area (Å²) < 4.78 is 10.4. The van der Waals surface area contributed by atoms with Gasteiger partial charge in [0, 0.05) is 31.8 Å². The lowest BCUT2D eigenvalue weighted by molar-refractivity contribution is -0.117. The zero-order valence-corrected chi connectivity index (χ0v) is 11.6. The number of hydrogen-bond donors (Lipinski definition) is 0. The fraction of sp³-hybridized carbons (Fsp3) is 0.538. The normalized spacial score (nSPS) is 13.4. The molecule has 1 aromatic carbocycles. The zero-order valence-electron chi connectivity index (χ0n) is 10.8. The van der Waals surface area contributed by atoms with E-state index >= 15 is 0 Å². The topological polar surface area (TPSA) is 21.7 Å². The fourth-order valence-electron chi connectivity index (χ4n) is 1.69. The highest BCUT2D eigenvalue weighted by molar-refractivity contribution is 6.31. The molecule has 0 heterocycles. The molecule has 4 heteroatoms. The second-order valence-electron chi connectivity index (χ2n) is 4.04. The lowest BCUT2D eigenvalue weighted by Crippen LogP contribution is -2.33. The predicted octanol–water partition coefficient (Wildman–Crippen LogP) is 2.95. The molecule has 3 nitrogen and oxygen atoms in total. The van der Waals surface area contributed by atoms with E-state index in [1.807, 2.05) is 31.3 Å². The average molecular weight is 258 g/mol. The third-order valence-corrected chi connectivity index (χ3v) is 3.32. The molecule has 0 saturated heterocycles. The van der Waals surface area contributed by atoms with Gasteiger partial charge in [-0.05, 0) is 25.6 Å². The van der Waals surface area contributed by atoms with Crippen LogP contribution in [0.3, 0.4) is 0 Å². The molecule has 0 spiro atoms. The van der Waals surface area contributed by atoms with Crippen LogP contribution in [0.15, 0.2) is 24.3 Å². The van der Waals surface area contributed by atoms with Crippen molar-refractivity contribution in [3.8, 4) is 0 Å². The van der Waals surface area contributed by atoms with Crippen molar-refractivity contribution in [2.45, 2.75) is 19.3 Å². The van der Waals surface area contributed by atoms with Crippen molar-refractivity contribution in [1.29, 1.82) is 0 Å². The van der Waals surface area contributed by atoms with Gasteiger partial charge in [0.05, 0.1) is 0 Å². The Balaban J connectivity index is 2.69. The first-order chi connectivity index (χ1) is 8.10. The van der Waals surface area contributed by atoms with Gasteiger partial charge in [0.1, 0.15) is 0 Å². The van der Waals surface area contributed by atoms with E-state index < -0.39 is 0 Å². The maximum Gasteiger partial charge on any atom is 0.169 e. The zero-order chi connectivity index (χ0) is 12.8. The maximum atomic E-state index is 6.18. The molecular formula is C13H20ClNO2. The van der Waals surface area contributed by atoms with E-state index in [4.69, 9.17) is 21.1 Å². The smallest absolute Gasteiger partial charge is 0.169 e. The predicted molar refractivity (Wildman–Crippen MR) is 70.3 cm³/mol. The van der Waals surface area contributed by atoms with Crippen LogP contribution in [-0.2, 0) is 9.47 Å². The Morgan fingerprint density at radius 3 is 2.35 bits per heavy atom. The summed E-state index contributed by atoms with van der Waals surface area (Å²) in [6.07, 6.45) is -0.218. The third kappa shape index (κ3) is 3.96. The third-order valence-electron chi connectivity index (χ3n) is 2.98. The van der Waals surface area contributed by atoms with Crippen molar-refractivity contribution in [3.05, 3.63) is 34.9 Å². The second kappa shape index (κ2) is 6.97. The molecule has 1 atom stereocenters. The van der Waals surface area contributed by atoms with Gasteiger partial charge in [-0.25, -0.2) is 0 Å². The first-order valence-electron chi connectivity index (χ1n) is 5.60. The Morgan fingerprint density at radius 2 is 1.82 bits per heavy atom. The standard InChI is InChI=1S/C13H20ClNO2/c1-10(11-7-5-6-8-12(11)14)15(2)9-13(16-3)17-4/h5-8,10,13H,9H2,1-4H3. The molecular weight excluding hydrogens is 238 g/mol. The Kier molecular flexibility index (Phi) is 5.92. The summed E-state index contributed by atoms with van der Waals surface area (Å²) in [4.78, 5) is 2.15. The summed E-state index contributed by atoms with van der Waals surface area (Å²) in [5, 5.41) is 0.790. The molecule has 0 amide bonds. The molecule has 0 bridgehead atoms. The van der Waals surface area contributed by atoms with Crippen LogP contribution >= 0.6 is 11.6 Å². The van der Waals surface area contributed by atoms with E-state index in [2.05, 4.69) is 11.8 Å². The molecule has 0 aliphatic rings. The molecule has 0 aliphatic heterocycles. The maximum absolute atomic E-state index is 6.18. The van der Waals surface area contributed by atoms with Crippen LogP contribution in [0.4, 0.5) is 0 Å². The van der Waals surface area contributed by atoms with Gasteiger partial charge in [0.25, 0.3) is 0 Å². The number of rotatable bonds is 6. The number of nitrogens with zero attached hydrogens (tertiary/aromatic N) is 1. The molecule has 0 saturated carbocycles. The SMILES string of the molecule is COC(CN(C)C(C)c1ccccc1Cl)OC. The van der Waals surface area contributed by atoms with Crippen LogP contribution in [0.2, 0.25) is 5.02 Å². The highest BCUT2D eigenvalue weighted by Crippen LogP contribution is 2.26. The van der Waals surface area contributed by atoms with Crippen LogP contribution in [0.25, 0.3) is 0 Å². The minimum absolute atomic E-state index is 0.218. The van der Waals surface area contributed by atoms with Crippen LogP contribution in [-0.4, -0.2) is 39.0 Å². The second-order valence-corrected chi connectivity index (χ2v) is 4.45. The first kappa shape index (κ1) is 14.5. The summed E-state index contributed by atoms with van der Waals surface area (Å²) >= 11 is 6.18. The van der Waals surface area contributed by atoms with Gasteiger partial charge in [-0.2, -0.15) is 0 Å². The molecule has 0 radical (unpaired) electrons. The van der Waals surface area contributed by atoms with Crippen molar-refractivity contribution in [2.24, 2.45) is 0 Å². The summed E-state index contributed by atoms with van der Waals surface area (Å²) in [6.45, 7) is 2.81. The van der Waals surface area contributed by atoms with E-state index in [-0.39, 0.29) is 12.3 Å². The van der Waals surface area contributed by atoms with Gasteiger partial charge < -0.3 is 9.47 Å². The van der Waals surface area contributed by atoms with Gasteiger partial charge in [-0.3, -0.25) is 4.90 Å². The van der Waals surface area contributed by atoms with E-state index in [9.17, 15) is 0 Å². The number of hydrogen-bond acceptors (Lipinski definition) is 3. The van der Waals surface area contributed by atoms with Crippen LogP contribution in [0, 0.1) is 0 Å². The summed E-state index contributed by atoms with van der Waals surface area (Å²) in [6, 6.07) is 8.10. The number of ether oxygens (including phenoxy) is 2. The van der Waals surface area contributed by atoms with Crippen molar-refractivity contribution in [3.63, 3.8) is 0 Å². The first-order valence-corrected chi connectivity index (χ1v) is 5.98. The molecule has 0 aromatic heterocycles. The summed E-state index contributed by atoms with van der Waals surface area (Å²) in [5.41, 5.74) is 1.11. The molecule has 1 rings (SSSR count). The minimum Gasteiger partial charge on any atom is -0.355 e. The van der Waals surface area contributed by atoms with Crippen molar-refractivity contribution in [2.75, 3.05) is 27.8 Å². The number of halogens is 1. The largest absolute Gasteiger partial charge is 0.355 e. The quantitative estimate of drug-likeness (QED) is 0.732. The number of methoxy groups -OCH3 is 2. The molecule has 1 aromatic rings. The van der Waals surface area contributed by atoms with Crippen molar-refractivity contribution >= 4 is 11.6 Å². The Hall–Kier alpha value is -0.610. The average Bonchev–Trinajstić information content (AvgIpc) is 2.35. The van der Waals surface area contributed by atoms with Crippen LogP contribution in [0.5, 0.6) is 0 Å². The number of benzene rings is 1. The van der Waals surface area contributed by atoms with E-state index in [0.717, 1.165) is 10.6 Å². The van der Waals surface area contributed by atoms with Crippen molar-refractivity contribution in [1.82, 2.24) is 4.90 Å². The lowest BCUT2D eigenvalue weighted by atomic mass is 10.1. The van der Waals surface area contributed by atoms with Gasteiger partial charge >= 0.3 is 0 Å². The Morgan fingerprint density at radius 1 is 1.24 bits per heavy atom. The van der Waals surface area contributed by atoms with Gasteiger partial charge in [0.2, 0.25) is 0 Å². The van der Waals surface area contributed by atoms with E-state index in [1.54, 1.807) is 14.2 Å². The van der Waals surface area contributed by atoms with Crippen molar-refractivity contribution < 1.29 is 9.47 Å². The van der Waals surface area contributed by atoms with Crippen LogP contribution < -0.4 is 0 Å². The molecule has 1 unspecified atom stereocenters. The van der Waals surface area contributed by atoms with Gasteiger partial charge in [-0.1, -0.05) is 29.8 Å². The van der Waals surface area contributed by atoms with Gasteiger partial charge in [-0.15, -0.1) is 0 Å². The molecule has 17 heavy (non-hydrogen) atoms. The van der Waals surface area contributed by atoms with Crippen LogP contribution in [0.1, 0.15) is 18.5 Å². The Bertz CT molecular complexity index is 342. The minimum atomic E-state index is -0.218. The van der Waals surface area contributed by atoms with Gasteiger partial charge in [0.15, 0.2) is 6.29 Å². The molecule has 96 valence electrons. The van der Waals surface area contributed by atoms with E-state index in [0.29, 0.717) is 6.54 Å².